The molecule has 0 aromatic carbocycles. The lowest BCUT2D eigenvalue weighted by atomic mass is 9.91. The Kier molecular flexibility index (Phi) is 4.62. The van der Waals surface area contributed by atoms with Gasteiger partial charge in [-0.05, 0) is 0 Å². The summed E-state index contributed by atoms with van der Waals surface area (Å²) in [6.45, 7) is 5.99. The Morgan fingerprint density at radius 1 is 1.21 bits per heavy atom. The van der Waals surface area contributed by atoms with Crippen LogP contribution in [0.25, 0.3) is 0 Å². The van der Waals surface area contributed by atoms with Gasteiger partial charge >= 0.3 is 0 Å². The normalized spacial score (nSPS) is 13.0. The lowest BCUT2D eigenvalue weighted by molar-refractivity contribution is 0.596. The number of nitrogens with two attached hydrogens (primary N) is 2. The number of rotatable bonds is 3. The Morgan fingerprint density at radius 3 is 2.14 bits per heavy atom. The highest BCUT2D eigenvalue weighted by Gasteiger charge is 2.17. The minimum absolute atomic E-state index is 0.0652. The second-order valence-corrected chi connectivity index (χ2v) is 3.74. The molecule has 0 spiro atoms. The fourth-order valence-corrected chi connectivity index (χ4v) is 0.607. The minimum atomic E-state index is -0.153. The average Bonchev–Trinajstić information content (AvgIpc) is 2.01. The van der Waals surface area contributed by atoms with Gasteiger partial charge in [0.1, 0.15) is 0 Å². The molecule has 0 bridgehead atoms. The molecule has 0 saturated carbocycles. The second-order valence-electron chi connectivity index (χ2n) is 3.74. The van der Waals surface area contributed by atoms with Crippen LogP contribution in [-0.2, 0) is 0 Å². The quantitative estimate of drug-likeness (QED) is 0.334. The van der Waals surface area contributed by atoms with Crippen molar-refractivity contribution < 1.29 is 0 Å². The van der Waals surface area contributed by atoms with Crippen LogP contribution in [0.3, 0.4) is 0 Å². The number of hydrogen-bond acceptors (Lipinski definition) is 4. The maximum Gasteiger partial charge on any atom is 0.211 e. The van der Waals surface area contributed by atoms with E-state index < -0.39 is 0 Å². The van der Waals surface area contributed by atoms with Crippen LogP contribution in [0, 0.1) is 5.41 Å². The van der Waals surface area contributed by atoms with Crippen molar-refractivity contribution in [2.24, 2.45) is 32.2 Å². The van der Waals surface area contributed by atoms with Gasteiger partial charge in [-0.2, -0.15) is 5.10 Å². The van der Waals surface area contributed by atoms with E-state index in [9.17, 15) is 0 Å². The van der Waals surface area contributed by atoms with E-state index in [1.165, 1.54) is 0 Å². The van der Waals surface area contributed by atoms with E-state index in [0.29, 0.717) is 5.71 Å². The molecule has 80 valence electrons. The molecule has 0 aromatic heterocycles. The van der Waals surface area contributed by atoms with E-state index in [2.05, 4.69) is 20.7 Å². The molecule has 0 aliphatic carbocycles. The topological polar surface area (TPSA) is 101 Å². The third-order valence-corrected chi connectivity index (χ3v) is 1.36. The van der Waals surface area contributed by atoms with Gasteiger partial charge in [0.25, 0.3) is 0 Å². The minimum Gasteiger partial charge on any atom is -0.369 e. The number of guanidine groups is 1. The van der Waals surface area contributed by atoms with E-state index in [1.54, 1.807) is 13.3 Å². The van der Waals surface area contributed by atoms with E-state index in [0.717, 1.165) is 0 Å². The van der Waals surface area contributed by atoms with Gasteiger partial charge in [0.15, 0.2) is 0 Å². The molecule has 0 rings (SSSR count). The highest BCUT2D eigenvalue weighted by Crippen LogP contribution is 2.14. The molecule has 6 heteroatoms. The molecule has 0 aliphatic rings. The largest absolute Gasteiger partial charge is 0.369 e. The molecule has 0 radical (unpaired) electrons. The molecule has 0 heterocycles. The van der Waals surface area contributed by atoms with Crippen molar-refractivity contribution in [3.8, 4) is 0 Å². The average molecular weight is 198 g/mol. The molecule has 6 nitrogen and oxygen atoms in total. The molecule has 0 aliphatic heterocycles. The zero-order chi connectivity index (χ0) is 11.2. The van der Waals surface area contributed by atoms with Gasteiger partial charge in [0.05, 0.1) is 11.9 Å². The molecular formula is C8H18N6. The number of nitrogens with zero attached hydrogens (tertiary/aromatic N) is 3. The Morgan fingerprint density at radius 2 is 1.79 bits per heavy atom. The van der Waals surface area contributed by atoms with Gasteiger partial charge in [0.2, 0.25) is 5.96 Å². The first-order chi connectivity index (χ1) is 6.38. The summed E-state index contributed by atoms with van der Waals surface area (Å²) in [7, 11) is 1.71. The Hall–Kier alpha value is -1.59. The monoisotopic (exact) mass is 198 g/mol. The van der Waals surface area contributed by atoms with Crippen molar-refractivity contribution in [3.05, 3.63) is 0 Å². The van der Waals surface area contributed by atoms with Crippen LogP contribution in [0.5, 0.6) is 0 Å². The fourth-order valence-electron chi connectivity index (χ4n) is 0.607. The second kappa shape index (κ2) is 5.21. The van der Waals surface area contributed by atoms with E-state index in [4.69, 9.17) is 11.5 Å². The molecule has 0 atom stereocenters. The van der Waals surface area contributed by atoms with Gasteiger partial charge in [0, 0.05) is 12.5 Å². The molecule has 0 fully saturated rings. The van der Waals surface area contributed by atoms with Crippen molar-refractivity contribution >= 4 is 17.9 Å². The predicted octanol–water partition coefficient (Wildman–Crippen LogP) is -0.133. The Labute approximate surface area is 84.1 Å². The van der Waals surface area contributed by atoms with Crippen LogP contribution in [0.1, 0.15) is 20.8 Å². The maximum absolute atomic E-state index is 5.17. The molecule has 0 unspecified atom stereocenters. The first-order valence-corrected chi connectivity index (χ1v) is 4.25. The van der Waals surface area contributed by atoms with E-state index in [1.807, 2.05) is 20.8 Å². The third-order valence-electron chi connectivity index (χ3n) is 1.36. The molecule has 5 N–H and O–H groups in total. The van der Waals surface area contributed by atoms with Gasteiger partial charge in [-0.15, -0.1) is 10.2 Å². The van der Waals surface area contributed by atoms with Crippen molar-refractivity contribution in [3.63, 3.8) is 0 Å². The van der Waals surface area contributed by atoms with Gasteiger partial charge in [-0.3, -0.25) is 0 Å². The van der Waals surface area contributed by atoms with Crippen LogP contribution in [0.15, 0.2) is 15.3 Å². The highest BCUT2D eigenvalue weighted by molar-refractivity contribution is 6.32. The summed E-state index contributed by atoms with van der Waals surface area (Å²) < 4.78 is 0. The Bertz CT molecular complexity index is 253. The van der Waals surface area contributed by atoms with Crippen LogP contribution < -0.4 is 16.9 Å². The third kappa shape index (κ3) is 5.13. The number of hydrogen-bond donors (Lipinski definition) is 3. The van der Waals surface area contributed by atoms with Crippen LogP contribution in [0.4, 0.5) is 0 Å². The lowest BCUT2D eigenvalue weighted by Gasteiger charge is -2.16. The van der Waals surface area contributed by atoms with Crippen molar-refractivity contribution in [2.45, 2.75) is 20.8 Å². The maximum atomic E-state index is 5.17. The first kappa shape index (κ1) is 12.4. The van der Waals surface area contributed by atoms with Gasteiger partial charge in [-0.1, -0.05) is 20.8 Å². The highest BCUT2D eigenvalue weighted by atomic mass is 15.3. The zero-order valence-corrected chi connectivity index (χ0v) is 9.07. The number of hydrazone groups is 1. The molecule has 0 saturated heterocycles. The zero-order valence-electron chi connectivity index (χ0n) is 9.07. The molecular weight excluding hydrogens is 180 g/mol. The number of nitrogens with one attached hydrogen (secondary N) is 1. The van der Waals surface area contributed by atoms with Crippen LogP contribution >= 0.6 is 0 Å². The Balaban J connectivity index is 4.83. The summed E-state index contributed by atoms with van der Waals surface area (Å²) in [5.41, 5.74) is 13.5. The van der Waals surface area contributed by atoms with Crippen molar-refractivity contribution in [1.82, 2.24) is 5.43 Å². The molecule has 0 amide bonds. The summed E-state index contributed by atoms with van der Waals surface area (Å²) in [6, 6.07) is 0. The predicted molar refractivity (Wildman–Crippen MR) is 60.3 cm³/mol. The summed E-state index contributed by atoms with van der Waals surface area (Å²) >= 11 is 0. The first-order valence-electron chi connectivity index (χ1n) is 4.25. The summed E-state index contributed by atoms with van der Waals surface area (Å²) in [4.78, 5) is 0. The van der Waals surface area contributed by atoms with Crippen molar-refractivity contribution in [1.29, 1.82) is 0 Å². The molecule has 14 heavy (non-hydrogen) atoms. The summed E-state index contributed by atoms with van der Waals surface area (Å²) in [6.07, 6.45) is 1.59. The van der Waals surface area contributed by atoms with E-state index in [-0.39, 0.29) is 11.4 Å². The summed E-state index contributed by atoms with van der Waals surface area (Å²) in [5.74, 6) is -0.0652. The van der Waals surface area contributed by atoms with Crippen molar-refractivity contribution in [2.75, 3.05) is 7.05 Å². The SMILES string of the molecule is CNN=CC(=NN=C(N)N)C(C)(C)C. The van der Waals surface area contributed by atoms with Crippen LogP contribution in [-0.4, -0.2) is 24.9 Å². The standard InChI is InChI=1S/C8H18N6/c1-8(2,3)6(5-12-11-4)13-14-7(9)10/h5,11H,1-4H3,(H4,9,10,14). The van der Waals surface area contributed by atoms with E-state index >= 15 is 0 Å². The van der Waals surface area contributed by atoms with Gasteiger partial charge in [-0.25, -0.2) is 0 Å². The van der Waals surface area contributed by atoms with Gasteiger partial charge < -0.3 is 16.9 Å². The lowest BCUT2D eigenvalue weighted by Crippen LogP contribution is -2.25. The molecule has 0 aromatic rings. The van der Waals surface area contributed by atoms with Crippen LogP contribution in [0.2, 0.25) is 0 Å². The smallest absolute Gasteiger partial charge is 0.211 e. The summed E-state index contributed by atoms with van der Waals surface area (Å²) in [5, 5.41) is 11.3. The fraction of sp³-hybridized carbons (Fsp3) is 0.625.